The number of benzene rings is 2. The highest BCUT2D eigenvalue weighted by Gasteiger charge is 2.10. The molecule has 3 aromatic rings. The Morgan fingerprint density at radius 3 is 2.50 bits per heavy atom. The molecule has 1 amide bonds. The molecule has 10 heteroatoms. The van der Waals surface area contributed by atoms with Crippen molar-refractivity contribution in [1.29, 1.82) is 0 Å². The molecule has 0 saturated carbocycles. The second-order valence-corrected chi connectivity index (χ2v) is 8.46. The maximum atomic E-state index is 12.0. The largest absolute Gasteiger partial charge is 0.338 e. The van der Waals surface area contributed by atoms with Crippen LogP contribution in [0.2, 0.25) is 0 Å². The monoisotopic (exact) mass is 418 g/mol. The highest BCUT2D eigenvalue weighted by atomic mass is 32.2. The lowest BCUT2D eigenvalue weighted by molar-refractivity contribution is -0.115. The van der Waals surface area contributed by atoms with Crippen molar-refractivity contribution in [1.82, 2.24) is 10.1 Å². The number of nitrogens with one attached hydrogen (secondary N) is 1. The van der Waals surface area contributed by atoms with E-state index >= 15 is 0 Å². The van der Waals surface area contributed by atoms with Crippen LogP contribution in [0.15, 0.2) is 64.0 Å². The van der Waals surface area contributed by atoms with Gasteiger partial charge in [-0.2, -0.15) is 16.7 Å². The number of amides is 1. The van der Waals surface area contributed by atoms with Gasteiger partial charge in [-0.05, 0) is 24.3 Å². The van der Waals surface area contributed by atoms with Crippen LogP contribution in [0, 0.1) is 0 Å². The van der Waals surface area contributed by atoms with Crippen molar-refractivity contribution >= 4 is 33.4 Å². The number of hydrogen-bond donors (Lipinski definition) is 2. The standard InChI is InChI=1S/C18H18N4O4S2/c19-28(24,25)15-8-6-14(7-9-15)20-16(23)10-11-27-12-17-21-18(22-26-17)13-4-2-1-3-5-13/h1-9H,10-12H2,(H,20,23)(H2,19,24,25). The van der Waals surface area contributed by atoms with Crippen molar-refractivity contribution in [3.8, 4) is 11.4 Å². The Morgan fingerprint density at radius 1 is 1.11 bits per heavy atom. The van der Waals surface area contributed by atoms with Gasteiger partial charge in [0.2, 0.25) is 27.6 Å². The molecular weight excluding hydrogens is 400 g/mol. The lowest BCUT2D eigenvalue weighted by atomic mass is 10.2. The molecular formula is C18H18N4O4S2. The summed E-state index contributed by atoms with van der Waals surface area (Å²) in [7, 11) is -3.74. The predicted octanol–water partition coefficient (Wildman–Crippen LogP) is 2.65. The molecule has 1 aromatic heterocycles. The van der Waals surface area contributed by atoms with Gasteiger partial charge in [0.05, 0.1) is 10.6 Å². The van der Waals surface area contributed by atoms with Gasteiger partial charge < -0.3 is 9.84 Å². The Balaban J connectivity index is 1.42. The number of primary sulfonamides is 1. The number of rotatable bonds is 8. The normalized spacial score (nSPS) is 11.3. The number of nitrogens with zero attached hydrogens (tertiary/aromatic N) is 2. The molecule has 0 spiro atoms. The van der Waals surface area contributed by atoms with Crippen LogP contribution in [0.25, 0.3) is 11.4 Å². The third-order valence-electron chi connectivity index (χ3n) is 3.67. The van der Waals surface area contributed by atoms with Crippen LogP contribution < -0.4 is 10.5 Å². The lowest BCUT2D eigenvalue weighted by Crippen LogP contribution is -2.14. The van der Waals surface area contributed by atoms with E-state index < -0.39 is 10.0 Å². The fourth-order valence-corrected chi connectivity index (χ4v) is 3.58. The molecule has 28 heavy (non-hydrogen) atoms. The topological polar surface area (TPSA) is 128 Å². The number of carbonyl (C=O) groups is 1. The van der Waals surface area contributed by atoms with Crippen molar-refractivity contribution in [2.24, 2.45) is 5.14 Å². The quantitative estimate of drug-likeness (QED) is 0.538. The third-order valence-corrected chi connectivity index (χ3v) is 5.54. The Bertz CT molecular complexity index is 1030. The molecule has 0 aliphatic heterocycles. The van der Waals surface area contributed by atoms with Gasteiger partial charge in [0.15, 0.2) is 0 Å². The zero-order chi connectivity index (χ0) is 20.0. The van der Waals surface area contributed by atoms with Crippen LogP contribution in [0.1, 0.15) is 12.3 Å². The fraction of sp³-hybridized carbons (Fsp3) is 0.167. The number of aromatic nitrogens is 2. The highest BCUT2D eigenvalue weighted by Crippen LogP contribution is 2.18. The van der Waals surface area contributed by atoms with E-state index in [0.29, 0.717) is 35.3 Å². The Hall–Kier alpha value is -2.69. The second-order valence-electron chi connectivity index (χ2n) is 5.80. The fourth-order valence-electron chi connectivity index (χ4n) is 2.29. The van der Waals surface area contributed by atoms with Gasteiger partial charge >= 0.3 is 0 Å². The predicted molar refractivity (Wildman–Crippen MR) is 107 cm³/mol. The number of sulfonamides is 1. The molecule has 0 saturated heterocycles. The average molecular weight is 419 g/mol. The van der Waals surface area contributed by atoms with Crippen LogP contribution in [0.4, 0.5) is 5.69 Å². The molecule has 1 heterocycles. The van der Waals surface area contributed by atoms with Crippen molar-refractivity contribution in [2.45, 2.75) is 17.1 Å². The lowest BCUT2D eigenvalue weighted by Gasteiger charge is -2.05. The van der Waals surface area contributed by atoms with Crippen LogP contribution in [-0.2, 0) is 20.6 Å². The SMILES string of the molecule is NS(=O)(=O)c1ccc(NC(=O)CCSCc2nc(-c3ccccc3)no2)cc1. The first kappa shape index (κ1) is 20.1. The summed E-state index contributed by atoms with van der Waals surface area (Å²) in [5.41, 5.74) is 1.39. The Kier molecular flexibility index (Phi) is 6.45. The van der Waals surface area contributed by atoms with Gasteiger partial charge in [-0.1, -0.05) is 35.5 Å². The summed E-state index contributed by atoms with van der Waals surface area (Å²) in [5.74, 6) is 1.95. The van der Waals surface area contributed by atoms with Crippen LogP contribution in [0.3, 0.4) is 0 Å². The van der Waals surface area contributed by atoms with E-state index in [4.69, 9.17) is 9.66 Å². The maximum Gasteiger partial charge on any atom is 0.238 e. The molecule has 0 fully saturated rings. The summed E-state index contributed by atoms with van der Waals surface area (Å²) in [5, 5.41) is 11.7. The molecule has 0 aliphatic rings. The van der Waals surface area contributed by atoms with Crippen molar-refractivity contribution in [3.05, 3.63) is 60.5 Å². The Morgan fingerprint density at radius 2 is 1.82 bits per heavy atom. The number of anilines is 1. The first-order valence-corrected chi connectivity index (χ1v) is 11.0. The van der Waals surface area contributed by atoms with Gasteiger partial charge in [-0.25, -0.2) is 13.6 Å². The first-order valence-electron chi connectivity index (χ1n) is 8.30. The molecule has 0 unspecified atom stereocenters. The number of hydrogen-bond acceptors (Lipinski definition) is 7. The minimum atomic E-state index is -3.74. The molecule has 2 aromatic carbocycles. The molecule has 0 aliphatic carbocycles. The molecule has 0 radical (unpaired) electrons. The van der Waals surface area contributed by atoms with Crippen molar-refractivity contribution in [3.63, 3.8) is 0 Å². The van der Waals surface area contributed by atoms with E-state index in [9.17, 15) is 13.2 Å². The first-order chi connectivity index (χ1) is 13.4. The second kappa shape index (κ2) is 9.00. The van der Waals surface area contributed by atoms with E-state index in [0.717, 1.165) is 5.56 Å². The van der Waals surface area contributed by atoms with Crippen LogP contribution >= 0.6 is 11.8 Å². The van der Waals surface area contributed by atoms with Crippen molar-refractivity contribution < 1.29 is 17.7 Å². The summed E-state index contributed by atoms with van der Waals surface area (Å²) in [6.45, 7) is 0. The molecule has 0 atom stereocenters. The average Bonchev–Trinajstić information content (AvgIpc) is 3.15. The molecule has 0 bridgehead atoms. The number of carbonyl (C=O) groups excluding carboxylic acids is 1. The highest BCUT2D eigenvalue weighted by molar-refractivity contribution is 7.98. The number of thioether (sulfide) groups is 1. The van der Waals surface area contributed by atoms with Gasteiger partial charge in [-0.15, -0.1) is 0 Å². The zero-order valence-electron chi connectivity index (χ0n) is 14.7. The summed E-state index contributed by atoms with van der Waals surface area (Å²) in [4.78, 5) is 16.3. The van der Waals surface area contributed by atoms with Crippen LogP contribution in [0.5, 0.6) is 0 Å². The molecule has 146 valence electrons. The summed E-state index contributed by atoms with van der Waals surface area (Å²) in [6, 6.07) is 15.2. The van der Waals surface area contributed by atoms with E-state index in [1.54, 1.807) is 0 Å². The third kappa shape index (κ3) is 5.65. The minimum Gasteiger partial charge on any atom is -0.338 e. The van der Waals surface area contributed by atoms with Crippen LogP contribution in [-0.4, -0.2) is 30.2 Å². The maximum absolute atomic E-state index is 12.0. The molecule has 3 rings (SSSR count). The van der Waals surface area contributed by atoms with Gasteiger partial charge in [0.25, 0.3) is 0 Å². The molecule has 8 nitrogen and oxygen atoms in total. The van der Waals surface area contributed by atoms with Crippen molar-refractivity contribution in [2.75, 3.05) is 11.1 Å². The van der Waals surface area contributed by atoms with E-state index in [2.05, 4.69) is 15.5 Å². The van der Waals surface area contributed by atoms with E-state index in [1.165, 1.54) is 36.0 Å². The van der Waals surface area contributed by atoms with Gasteiger partial charge in [-0.3, -0.25) is 4.79 Å². The smallest absolute Gasteiger partial charge is 0.238 e. The van der Waals surface area contributed by atoms with E-state index in [1.807, 2.05) is 30.3 Å². The number of nitrogens with two attached hydrogens (primary N) is 1. The Labute approximate surface area is 166 Å². The van der Waals surface area contributed by atoms with Gasteiger partial charge in [0.1, 0.15) is 0 Å². The van der Waals surface area contributed by atoms with E-state index in [-0.39, 0.29) is 10.8 Å². The van der Waals surface area contributed by atoms with Gasteiger partial charge in [0, 0.05) is 23.4 Å². The molecule has 3 N–H and O–H groups in total. The summed E-state index contributed by atoms with van der Waals surface area (Å²) >= 11 is 1.51. The minimum absolute atomic E-state index is 0.00418. The summed E-state index contributed by atoms with van der Waals surface area (Å²) in [6.07, 6.45) is 0.293. The summed E-state index contributed by atoms with van der Waals surface area (Å²) < 4.78 is 27.6. The zero-order valence-corrected chi connectivity index (χ0v) is 16.4.